The molecule has 98 valence electrons. The van der Waals surface area contributed by atoms with Gasteiger partial charge >= 0.3 is 0 Å². The highest BCUT2D eigenvalue weighted by atomic mass is 35.7. The highest BCUT2D eigenvalue weighted by molar-refractivity contribution is 8.14. The Labute approximate surface area is 117 Å². The highest BCUT2D eigenvalue weighted by Crippen LogP contribution is 2.30. The molecule has 1 atom stereocenters. The van der Waals surface area contributed by atoms with Crippen LogP contribution in [-0.4, -0.2) is 36.1 Å². The Morgan fingerprint density at radius 1 is 1.39 bits per heavy atom. The van der Waals surface area contributed by atoms with Crippen LogP contribution in [0.4, 0.5) is 5.82 Å². The Kier molecular flexibility index (Phi) is 3.68. The van der Waals surface area contributed by atoms with E-state index < -0.39 is 20.2 Å². The van der Waals surface area contributed by atoms with Gasteiger partial charge in [0.25, 0.3) is 0 Å². The Balaban J connectivity index is 2.35. The molecule has 1 aromatic rings. The topological polar surface area (TPSA) is 80.2 Å². The Bertz CT molecular complexity index is 607. The van der Waals surface area contributed by atoms with Crippen LogP contribution in [0.5, 0.6) is 0 Å². The van der Waals surface area contributed by atoms with Gasteiger partial charge in [-0.2, -0.15) is 4.98 Å². The minimum absolute atomic E-state index is 0.0839. The Morgan fingerprint density at radius 2 is 2.06 bits per heavy atom. The van der Waals surface area contributed by atoms with Crippen LogP contribution in [0.1, 0.15) is 6.42 Å². The second-order valence-electron chi connectivity index (χ2n) is 3.62. The van der Waals surface area contributed by atoms with E-state index in [2.05, 4.69) is 9.97 Å². The summed E-state index contributed by atoms with van der Waals surface area (Å²) in [5, 5.41) is -0.948. The third kappa shape index (κ3) is 2.69. The predicted molar refractivity (Wildman–Crippen MR) is 67.6 cm³/mol. The van der Waals surface area contributed by atoms with Crippen LogP contribution >= 0.6 is 33.9 Å². The molecule has 0 spiro atoms. The number of carbonyl (C=O) groups is 1. The van der Waals surface area contributed by atoms with Crippen LogP contribution in [0.2, 0.25) is 10.3 Å². The van der Waals surface area contributed by atoms with Crippen molar-refractivity contribution in [1.29, 1.82) is 0 Å². The fraction of sp³-hybridized carbons (Fsp3) is 0.375. The summed E-state index contributed by atoms with van der Waals surface area (Å²) in [7, 11) is 1.42. The van der Waals surface area contributed by atoms with Crippen molar-refractivity contribution in [3.8, 4) is 0 Å². The molecular formula is C8H6Cl3N3O3S. The number of rotatable bonds is 2. The van der Waals surface area contributed by atoms with E-state index in [0.29, 0.717) is 0 Å². The van der Waals surface area contributed by atoms with Crippen LogP contribution in [0.3, 0.4) is 0 Å². The van der Waals surface area contributed by atoms with Gasteiger partial charge in [-0.1, -0.05) is 11.6 Å². The molecule has 0 N–H and O–H groups in total. The molecule has 0 aliphatic carbocycles. The first-order chi connectivity index (χ1) is 8.29. The lowest BCUT2D eigenvalue weighted by atomic mass is 10.4. The summed E-state index contributed by atoms with van der Waals surface area (Å²) in [6.07, 6.45) is 1.03. The Morgan fingerprint density at radius 3 is 2.61 bits per heavy atom. The quantitative estimate of drug-likeness (QED) is 0.606. The number of anilines is 1. The molecule has 1 fully saturated rings. The molecule has 2 rings (SSSR count). The van der Waals surface area contributed by atoms with Gasteiger partial charge < -0.3 is 0 Å². The summed E-state index contributed by atoms with van der Waals surface area (Å²) in [5.74, 6) is -0.342. The molecule has 1 unspecified atom stereocenters. The first-order valence-electron chi connectivity index (χ1n) is 4.71. The maximum absolute atomic E-state index is 11.7. The molecule has 0 radical (unpaired) electrons. The second-order valence-corrected chi connectivity index (χ2v) is 7.27. The van der Waals surface area contributed by atoms with Crippen molar-refractivity contribution >= 4 is 54.7 Å². The molecule has 1 aliphatic rings. The second kappa shape index (κ2) is 4.80. The molecule has 1 aliphatic heterocycles. The molecule has 18 heavy (non-hydrogen) atoms. The first kappa shape index (κ1) is 13.8. The maximum atomic E-state index is 11.7. The molecule has 2 heterocycles. The fourth-order valence-electron chi connectivity index (χ4n) is 1.59. The van der Waals surface area contributed by atoms with Gasteiger partial charge in [0.05, 0.1) is 6.20 Å². The summed E-state index contributed by atoms with van der Waals surface area (Å²) >= 11 is 11.4. The molecule has 1 amide bonds. The van der Waals surface area contributed by atoms with Crippen molar-refractivity contribution in [2.45, 2.75) is 11.7 Å². The van der Waals surface area contributed by atoms with Crippen LogP contribution in [0, 0.1) is 0 Å². The summed E-state index contributed by atoms with van der Waals surface area (Å²) < 4.78 is 22.4. The number of hydrogen-bond donors (Lipinski definition) is 0. The average molecular weight is 331 g/mol. The number of carbonyl (C=O) groups excluding carboxylic acids is 1. The van der Waals surface area contributed by atoms with Crippen LogP contribution in [-0.2, 0) is 13.8 Å². The van der Waals surface area contributed by atoms with Gasteiger partial charge in [0.15, 0.2) is 5.82 Å². The van der Waals surface area contributed by atoms with E-state index in [0.717, 1.165) is 4.90 Å². The van der Waals surface area contributed by atoms with E-state index in [9.17, 15) is 13.2 Å². The Hall–Kier alpha value is -0.630. The van der Waals surface area contributed by atoms with Gasteiger partial charge in [-0.15, -0.1) is 0 Å². The molecule has 0 saturated carbocycles. The van der Waals surface area contributed by atoms with Gasteiger partial charge in [-0.25, -0.2) is 13.4 Å². The van der Waals surface area contributed by atoms with Gasteiger partial charge in [0.2, 0.25) is 20.2 Å². The number of amides is 1. The van der Waals surface area contributed by atoms with Crippen LogP contribution < -0.4 is 4.90 Å². The smallest absolute Gasteiger partial charge is 0.237 e. The van der Waals surface area contributed by atoms with E-state index in [1.807, 2.05) is 0 Å². The van der Waals surface area contributed by atoms with Crippen molar-refractivity contribution in [3.63, 3.8) is 0 Å². The molecule has 0 aromatic carbocycles. The zero-order valence-corrected chi connectivity index (χ0v) is 11.8. The number of hydrogen-bond acceptors (Lipinski definition) is 5. The van der Waals surface area contributed by atoms with E-state index in [1.165, 1.54) is 6.20 Å². The van der Waals surface area contributed by atoms with Crippen LogP contribution in [0.15, 0.2) is 6.20 Å². The lowest BCUT2D eigenvalue weighted by Crippen LogP contribution is -2.28. The molecule has 0 bridgehead atoms. The lowest BCUT2D eigenvalue weighted by molar-refractivity contribution is -0.117. The van der Waals surface area contributed by atoms with Crippen molar-refractivity contribution in [1.82, 2.24) is 9.97 Å². The SMILES string of the molecule is O=C1CC(S(=O)(=O)Cl)CN1c1nc(Cl)ncc1Cl. The van der Waals surface area contributed by atoms with Gasteiger partial charge in [0, 0.05) is 23.6 Å². The lowest BCUT2D eigenvalue weighted by Gasteiger charge is -2.15. The van der Waals surface area contributed by atoms with E-state index in [-0.39, 0.29) is 29.1 Å². The molecule has 1 aromatic heterocycles. The summed E-state index contributed by atoms with van der Waals surface area (Å²) in [4.78, 5) is 20.3. The van der Waals surface area contributed by atoms with Crippen molar-refractivity contribution in [3.05, 3.63) is 16.5 Å². The summed E-state index contributed by atoms with van der Waals surface area (Å²) in [6, 6.07) is 0. The zero-order chi connectivity index (χ0) is 13.5. The standard InChI is InChI=1S/C8H6Cl3N3O3S/c9-5-2-12-8(10)13-7(5)14-3-4(1-6(14)15)18(11,16)17/h2,4H,1,3H2. The molecule has 6 nitrogen and oxygen atoms in total. The average Bonchev–Trinajstić information content (AvgIpc) is 2.64. The van der Waals surface area contributed by atoms with E-state index in [1.54, 1.807) is 0 Å². The normalized spacial score (nSPS) is 20.5. The molecule has 1 saturated heterocycles. The number of nitrogens with zero attached hydrogens (tertiary/aromatic N) is 3. The molecular weight excluding hydrogens is 325 g/mol. The first-order valence-corrected chi connectivity index (χ1v) is 7.84. The number of aromatic nitrogens is 2. The van der Waals surface area contributed by atoms with Crippen molar-refractivity contribution in [2.24, 2.45) is 0 Å². The maximum Gasteiger partial charge on any atom is 0.237 e. The highest BCUT2D eigenvalue weighted by Gasteiger charge is 2.39. The minimum atomic E-state index is -3.81. The van der Waals surface area contributed by atoms with E-state index in [4.69, 9.17) is 33.9 Å². The van der Waals surface area contributed by atoms with Gasteiger partial charge in [-0.3, -0.25) is 9.69 Å². The fourth-order valence-corrected chi connectivity index (χ4v) is 2.94. The monoisotopic (exact) mass is 329 g/mol. The molecule has 10 heteroatoms. The summed E-state index contributed by atoms with van der Waals surface area (Å²) in [5.41, 5.74) is 0. The van der Waals surface area contributed by atoms with Gasteiger partial charge in [-0.05, 0) is 11.6 Å². The predicted octanol–water partition coefficient (Wildman–Crippen LogP) is 1.46. The third-order valence-corrected chi connectivity index (χ3v) is 4.76. The third-order valence-electron chi connectivity index (χ3n) is 2.44. The van der Waals surface area contributed by atoms with Crippen LogP contribution in [0.25, 0.3) is 0 Å². The van der Waals surface area contributed by atoms with Crippen molar-refractivity contribution in [2.75, 3.05) is 11.4 Å². The van der Waals surface area contributed by atoms with E-state index >= 15 is 0 Å². The number of halogens is 3. The largest absolute Gasteiger partial charge is 0.294 e. The minimum Gasteiger partial charge on any atom is -0.294 e. The zero-order valence-electron chi connectivity index (χ0n) is 8.68. The summed E-state index contributed by atoms with van der Waals surface area (Å²) in [6.45, 7) is -0.0995. The van der Waals surface area contributed by atoms with Gasteiger partial charge in [0.1, 0.15) is 10.3 Å². The van der Waals surface area contributed by atoms with Crippen molar-refractivity contribution < 1.29 is 13.2 Å².